The molecule has 1 atom stereocenters. The molecule has 1 amide bonds. The summed E-state index contributed by atoms with van der Waals surface area (Å²) in [7, 11) is 0. The van der Waals surface area contributed by atoms with Gasteiger partial charge in [0.05, 0.1) is 0 Å². The van der Waals surface area contributed by atoms with Crippen molar-refractivity contribution in [2.45, 2.75) is 25.8 Å². The van der Waals surface area contributed by atoms with Crippen LogP contribution in [-0.4, -0.2) is 41.6 Å². The first-order valence-electron chi connectivity index (χ1n) is 7.93. The maximum Gasteiger partial charge on any atom is 0.292 e. The molecule has 5 nitrogen and oxygen atoms in total. The maximum absolute atomic E-state index is 12.8. The molecule has 1 aromatic heterocycles. The SMILES string of the molecule is CCCN(C(=O)c1cc(-c2cccc(Cl)c2)no1)C1CCNC1.Cl. The first-order valence-corrected chi connectivity index (χ1v) is 8.31. The summed E-state index contributed by atoms with van der Waals surface area (Å²) >= 11 is 6.00. The van der Waals surface area contributed by atoms with Crippen molar-refractivity contribution in [2.75, 3.05) is 19.6 Å². The minimum Gasteiger partial charge on any atom is -0.350 e. The first-order chi connectivity index (χ1) is 11.2. The second kappa shape index (κ2) is 8.51. The molecule has 1 aliphatic rings. The van der Waals surface area contributed by atoms with Crippen molar-refractivity contribution < 1.29 is 9.32 Å². The Kier molecular flexibility index (Phi) is 6.66. The molecule has 1 aromatic carbocycles. The van der Waals surface area contributed by atoms with Crippen molar-refractivity contribution in [1.82, 2.24) is 15.4 Å². The van der Waals surface area contributed by atoms with Gasteiger partial charge in [-0.25, -0.2) is 0 Å². The van der Waals surface area contributed by atoms with E-state index in [2.05, 4.69) is 17.4 Å². The van der Waals surface area contributed by atoms with Gasteiger partial charge >= 0.3 is 0 Å². The number of aromatic nitrogens is 1. The molecule has 3 rings (SSSR count). The van der Waals surface area contributed by atoms with Crippen LogP contribution in [0.4, 0.5) is 0 Å². The Morgan fingerprint density at radius 3 is 2.96 bits per heavy atom. The number of hydrogen-bond donors (Lipinski definition) is 1. The topological polar surface area (TPSA) is 58.4 Å². The molecule has 1 aliphatic heterocycles. The molecule has 0 bridgehead atoms. The standard InChI is InChI=1S/C17H20ClN3O2.ClH/c1-2-8-21(14-6-7-19-11-14)17(22)16-10-15(20-23-16)12-4-3-5-13(18)9-12;/h3-5,9-10,14,19H,2,6-8,11H2,1H3;1H. The van der Waals surface area contributed by atoms with Crippen molar-refractivity contribution >= 4 is 29.9 Å². The maximum atomic E-state index is 12.8. The van der Waals surface area contributed by atoms with E-state index in [-0.39, 0.29) is 30.1 Å². The fraction of sp³-hybridized carbons (Fsp3) is 0.412. The molecule has 0 spiro atoms. The molecule has 1 unspecified atom stereocenters. The fourth-order valence-corrected chi connectivity index (χ4v) is 3.09. The minimum atomic E-state index is -0.0960. The van der Waals surface area contributed by atoms with Crippen LogP contribution in [0.1, 0.15) is 30.3 Å². The lowest BCUT2D eigenvalue weighted by atomic mass is 10.1. The van der Waals surface area contributed by atoms with Crippen LogP contribution in [0.3, 0.4) is 0 Å². The van der Waals surface area contributed by atoms with Crippen LogP contribution >= 0.6 is 24.0 Å². The van der Waals surface area contributed by atoms with E-state index < -0.39 is 0 Å². The molecule has 24 heavy (non-hydrogen) atoms. The molecule has 2 aromatic rings. The number of hydrogen-bond acceptors (Lipinski definition) is 4. The number of carbonyl (C=O) groups excluding carboxylic acids is 1. The third-order valence-corrected chi connectivity index (χ3v) is 4.28. The minimum absolute atomic E-state index is 0. The fourth-order valence-electron chi connectivity index (χ4n) is 2.90. The monoisotopic (exact) mass is 369 g/mol. The normalized spacial score (nSPS) is 16.7. The average Bonchev–Trinajstić information content (AvgIpc) is 3.23. The number of nitrogens with zero attached hydrogens (tertiary/aromatic N) is 2. The van der Waals surface area contributed by atoms with E-state index in [9.17, 15) is 4.79 Å². The highest BCUT2D eigenvalue weighted by molar-refractivity contribution is 6.30. The molecule has 7 heteroatoms. The Hall–Kier alpha value is -1.56. The number of rotatable bonds is 5. The molecular weight excluding hydrogens is 349 g/mol. The number of nitrogens with one attached hydrogen (secondary N) is 1. The highest BCUT2D eigenvalue weighted by Crippen LogP contribution is 2.23. The molecule has 0 aliphatic carbocycles. The Balaban J connectivity index is 0.00000208. The smallest absolute Gasteiger partial charge is 0.292 e. The zero-order chi connectivity index (χ0) is 16.2. The van der Waals surface area contributed by atoms with Gasteiger partial charge in [-0.1, -0.05) is 35.8 Å². The predicted molar refractivity (Wildman–Crippen MR) is 96.8 cm³/mol. The lowest BCUT2D eigenvalue weighted by molar-refractivity contribution is 0.0650. The largest absolute Gasteiger partial charge is 0.350 e. The summed E-state index contributed by atoms with van der Waals surface area (Å²) in [4.78, 5) is 14.7. The van der Waals surface area contributed by atoms with Gasteiger partial charge in [0, 0.05) is 35.8 Å². The van der Waals surface area contributed by atoms with Crippen LogP contribution in [0.25, 0.3) is 11.3 Å². The van der Waals surface area contributed by atoms with E-state index >= 15 is 0 Å². The van der Waals surface area contributed by atoms with Crippen molar-refractivity contribution in [3.8, 4) is 11.3 Å². The summed E-state index contributed by atoms with van der Waals surface area (Å²) < 4.78 is 5.30. The summed E-state index contributed by atoms with van der Waals surface area (Å²) in [6.45, 7) is 4.57. The zero-order valence-corrected chi connectivity index (χ0v) is 15.1. The van der Waals surface area contributed by atoms with Crippen molar-refractivity contribution in [3.05, 3.63) is 41.1 Å². The van der Waals surface area contributed by atoms with Crippen molar-refractivity contribution in [3.63, 3.8) is 0 Å². The summed E-state index contributed by atoms with van der Waals surface area (Å²) in [6, 6.07) is 9.26. The van der Waals surface area contributed by atoms with Crippen LogP contribution in [0, 0.1) is 0 Å². The van der Waals surface area contributed by atoms with Gasteiger partial charge < -0.3 is 14.7 Å². The van der Waals surface area contributed by atoms with Crippen LogP contribution in [0.2, 0.25) is 5.02 Å². The van der Waals surface area contributed by atoms with Crippen molar-refractivity contribution in [1.29, 1.82) is 0 Å². The predicted octanol–water partition coefficient (Wildman–Crippen LogP) is 3.63. The third-order valence-electron chi connectivity index (χ3n) is 4.04. The van der Waals surface area contributed by atoms with E-state index in [0.717, 1.165) is 38.0 Å². The number of halogens is 2. The van der Waals surface area contributed by atoms with Gasteiger partial charge in [0.2, 0.25) is 5.76 Å². The Morgan fingerprint density at radius 1 is 1.46 bits per heavy atom. The van der Waals surface area contributed by atoms with E-state index in [1.54, 1.807) is 18.2 Å². The summed E-state index contributed by atoms with van der Waals surface area (Å²) in [5.74, 6) is 0.182. The van der Waals surface area contributed by atoms with Gasteiger partial charge in [0.15, 0.2) is 0 Å². The van der Waals surface area contributed by atoms with Crippen LogP contribution < -0.4 is 5.32 Å². The average molecular weight is 370 g/mol. The third kappa shape index (κ3) is 4.09. The van der Waals surface area contributed by atoms with Gasteiger partial charge in [-0.05, 0) is 31.5 Å². The van der Waals surface area contributed by atoms with Gasteiger partial charge in [0.1, 0.15) is 5.69 Å². The summed E-state index contributed by atoms with van der Waals surface area (Å²) in [5, 5.41) is 7.95. The first kappa shape index (κ1) is 18.8. The van der Waals surface area contributed by atoms with E-state index in [0.29, 0.717) is 10.7 Å². The lowest BCUT2D eigenvalue weighted by Gasteiger charge is -2.26. The highest BCUT2D eigenvalue weighted by atomic mass is 35.5. The summed E-state index contributed by atoms with van der Waals surface area (Å²) in [6.07, 6.45) is 1.89. The van der Waals surface area contributed by atoms with E-state index in [1.165, 1.54) is 0 Å². The second-order valence-corrected chi connectivity index (χ2v) is 6.17. The van der Waals surface area contributed by atoms with Gasteiger partial charge in [-0.15, -0.1) is 12.4 Å². The van der Waals surface area contributed by atoms with Crippen LogP contribution in [0.5, 0.6) is 0 Å². The Labute approximate surface area is 152 Å². The quantitative estimate of drug-likeness (QED) is 0.873. The molecule has 1 N–H and O–H groups in total. The van der Waals surface area contributed by atoms with E-state index in [1.807, 2.05) is 17.0 Å². The Bertz CT molecular complexity index is 684. The molecule has 0 radical (unpaired) electrons. The highest BCUT2D eigenvalue weighted by Gasteiger charge is 2.29. The van der Waals surface area contributed by atoms with Gasteiger partial charge in [0.25, 0.3) is 5.91 Å². The molecule has 2 heterocycles. The lowest BCUT2D eigenvalue weighted by Crippen LogP contribution is -2.41. The molecule has 1 fully saturated rings. The molecule has 0 saturated carbocycles. The number of benzene rings is 1. The van der Waals surface area contributed by atoms with Gasteiger partial charge in [-0.2, -0.15) is 0 Å². The Morgan fingerprint density at radius 2 is 2.29 bits per heavy atom. The molecule has 130 valence electrons. The van der Waals surface area contributed by atoms with Crippen molar-refractivity contribution in [2.24, 2.45) is 0 Å². The van der Waals surface area contributed by atoms with Crippen LogP contribution in [0.15, 0.2) is 34.9 Å². The number of carbonyl (C=O) groups is 1. The molecule has 1 saturated heterocycles. The van der Waals surface area contributed by atoms with E-state index in [4.69, 9.17) is 16.1 Å². The summed E-state index contributed by atoms with van der Waals surface area (Å²) in [5.41, 5.74) is 1.46. The molecular formula is C17H21Cl2N3O2. The van der Waals surface area contributed by atoms with Gasteiger partial charge in [-0.3, -0.25) is 4.79 Å². The second-order valence-electron chi connectivity index (χ2n) is 5.73. The number of amides is 1. The zero-order valence-electron chi connectivity index (χ0n) is 13.5. The van der Waals surface area contributed by atoms with Crippen LogP contribution in [-0.2, 0) is 0 Å².